The van der Waals surface area contributed by atoms with Gasteiger partial charge in [-0.25, -0.2) is 0 Å². The minimum atomic E-state index is -0.0318. The van der Waals surface area contributed by atoms with Crippen LogP contribution in [0.1, 0.15) is 28.8 Å². The highest BCUT2D eigenvalue weighted by Gasteiger charge is 2.21. The Morgan fingerprint density at radius 1 is 1.50 bits per heavy atom. The average molecular weight is 336 g/mol. The number of nitriles is 1. The number of hydrogen-bond acceptors (Lipinski definition) is 3. The van der Waals surface area contributed by atoms with Crippen molar-refractivity contribution in [1.29, 1.82) is 5.26 Å². The zero-order valence-corrected chi connectivity index (χ0v) is 13.1. The summed E-state index contributed by atoms with van der Waals surface area (Å²) in [6, 6.07) is 8.10. The molecule has 1 fully saturated rings. The van der Waals surface area contributed by atoms with E-state index in [1.165, 1.54) is 0 Å². The standard InChI is InChI=1S/C15H18BrN3O/c1-11-2-3-13(14(16)10-11)15(20)18-12-4-7-19(8-5-12)9-6-17/h2-3,10,12H,4-5,7-9H2,1H3,(H,18,20). The lowest BCUT2D eigenvalue weighted by Gasteiger charge is -2.30. The number of aryl methyl sites for hydroxylation is 1. The predicted molar refractivity (Wildman–Crippen MR) is 81.4 cm³/mol. The molecule has 1 aromatic carbocycles. The summed E-state index contributed by atoms with van der Waals surface area (Å²) < 4.78 is 0.830. The smallest absolute Gasteiger partial charge is 0.252 e. The summed E-state index contributed by atoms with van der Waals surface area (Å²) in [4.78, 5) is 14.4. The molecule has 0 aromatic heterocycles. The van der Waals surface area contributed by atoms with Gasteiger partial charge in [-0.15, -0.1) is 0 Å². The molecule has 4 nitrogen and oxygen atoms in total. The maximum atomic E-state index is 12.2. The first-order valence-corrected chi connectivity index (χ1v) is 7.56. The number of rotatable bonds is 3. The monoisotopic (exact) mass is 335 g/mol. The molecule has 106 valence electrons. The Morgan fingerprint density at radius 3 is 2.80 bits per heavy atom. The van der Waals surface area contributed by atoms with Crippen molar-refractivity contribution in [3.05, 3.63) is 33.8 Å². The Morgan fingerprint density at radius 2 is 2.20 bits per heavy atom. The lowest BCUT2D eigenvalue weighted by molar-refractivity contribution is 0.0913. The summed E-state index contributed by atoms with van der Waals surface area (Å²) in [5.74, 6) is -0.0318. The molecule has 1 amide bonds. The summed E-state index contributed by atoms with van der Waals surface area (Å²) in [6.45, 7) is 4.21. The third kappa shape index (κ3) is 3.81. The van der Waals surface area contributed by atoms with Crippen LogP contribution in [0.3, 0.4) is 0 Å². The van der Waals surface area contributed by atoms with Crippen molar-refractivity contribution < 1.29 is 4.79 Å². The van der Waals surface area contributed by atoms with Crippen molar-refractivity contribution in [1.82, 2.24) is 10.2 Å². The van der Waals surface area contributed by atoms with Crippen LogP contribution in [0.25, 0.3) is 0 Å². The zero-order valence-electron chi connectivity index (χ0n) is 11.5. The second-order valence-corrected chi connectivity index (χ2v) is 6.02. The number of benzene rings is 1. The van der Waals surface area contributed by atoms with E-state index < -0.39 is 0 Å². The summed E-state index contributed by atoms with van der Waals surface area (Å²) in [5, 5.41) is 11.7. The maximum Gasteiger partial charge on any atom is 0.252 e. The molecule has 0 atom stereocenters. The first-order valence-electron chi connectivity index (χ1n) is 6.76. The number of halogens is 1. The first-order chi connectivity index (χ1) is 9.60. The number of nitrogens with zero attached hydrogens (tertiary/aromatic N) is 2. The normalized spacial score (nSPS) is 16.6. The molecule has 0 saturated carbocycles. The van der Waals surface area contributed by atoms with Crippen LogP contribution in [0.2, 0.25) is 0 Å². The molecule has 1 saturated heterocycles. The number of nitrogens with one attached hydrogen (secondary N) is 1. The van der Waals surface area contributed by atoms with Gasteiger partial charge in [0.25, 0.3) is 5.91 Å². The Balaban J connectivity index is 1.91. The maximum absolute atomic E-state index is 12.2. The molecule has 0 spiro atoms. The molecule has 1 aromatic rings. The van der Waals surface area contributed by atoms with Gasteiger partial charge in [0.05, 0.1) is 18.2 Å². The molecular formula is C15H18BrN3O. The minimum Gasteiger partial charge on any atom is -0.349 e. The van der Waals surface area contributed by atoms with Gasteiger partial charge in [0.2, 0.25) is 0 Å². The van der Waals surface area contributed by atoms with Gasteiger partial charge in [-0.3, -0.25) is 9.69 Å². The molecule has 1 N–H and O–H groups in total. The fraction of sp³-hybridized carbons (Fsp3) is 0.467. The highest BCUT2D eigenvalue weighted by molar-refractivity contribution is 9.10. The minimum absolute atomic E-state index is 0.0318. The number of carbonyl (C=O) groups excluding carboxylic acids is 1. The summed E-state index contributed by atoms with van der Waals surface area (Å²) in [5.41, 5.74) is 1.80. The van der Waals surface area contributed by atoms with Crippen LogP contribution in [0.15, 0.2) is 22.7 Å². The molecule has 1 heterocycles. The molecule has 0 bridgehead atoms. The number of hydrogen-bond donors (Lipinski definition) is 1. The molecule has 20 heavy (non-hydrogen) atoms. The predicted octanol–water partition coefficient (Wildman–Crippen LogP) is 2.48. The van der Waals surface area contributed by atoms with Gasteiger partial charge in [-0.05, 0) is 53.4 Å². The van der Waals surface area contributed by atoms with E-state index in [4.69, 9.17) is 5.26 Å². The number of amides is 1. The van der Waals surface area contributed by atoms with E-state index in [9.17, 15) is 4.79 Å². The highest BCUT2D eigenvalue weighted by Crippen LogP contribution is 2.19. The molecule has 0 unspecified atom stereocenters. The van der Waals surface area contributed by atoms with E-state index in [2.05, 4.69) is 32.2 Å². The molecule has 1 aliphatic rings. The summed E-state index contributed by atoms with van der Waals surface area (Å²) in [6.07, 6.45) is 1.80. The SMILES string of the molecule is Cc1ccc(C(=O)NC2CCN(CC#N)CC2)c(Br)c1. The van der Waals surface area contributed by atoms with Crippen molar-refractivity contribution in [2.45, 2.75) is 25.8 Å². The summed E-state index contributed by atoms with van der Waals surface area (Å²) in [7, 11) is 0. The number of carbonyl (C=O) groups is 1. The Labute approximate surface area is 127 Å². The Kier molecular flexibility index (Phi) is 5.16. The van der Waals surface area contributed by atoms with Crippen molar-refractivity contribution in [3.63, 3.8) is 0 Å². The quantitative estimate of drug-likeness (QED) is 0.863. The van der Waals surface area contributed by atoms with Gasteiger partial charge >= 0.3 is 0 Å². The van der Waals surface area contributed by atoms with Crippen LogP contribution in [-0.4, -0.2) is 36.5 Å². The average Bonchev–Trinajstić information content (AvgIpc) is 2.41. The van der Waals surface area contributed by atoms with Crippen LogP contribution in [0, 0.1) is 18.3 Å². The largest absolute Gasteiger partial charge is 0.349 e. The molecule has 0 radical (unpaired) electrons. The van der Waals surface area contributed by atoms with Crippen LogP contribution >= 0.6 is 15.9 Å². The molecule has 1 aliphatic heterocycles. The lowest BCUT2D eigenvalue weighted by Crippen LogP contribution is -2.44. The van der Waals surface area contributed by atoms with Crippen LogP contribution in [0.4, 0.5) is 0 Å². The first kappa shape index (κ1) is 15.0. The highest BCUT2D eigenvalue weighted by atomic mass is 79.9. The van der Waals surface area contributed by atoms with Crippen molar-refractivity contribution in [2.75, 3.05) is 19.6 Å². The fourth-order valence-electron chi connectivity index (χ4n) is 2.40. The molecular weight excluding hydrogens is 318 g/mol. The topological polar surface area (TPSA) is 56.1 Å². The van der Waals surface area contributed by atoms with Crippen molar-refractivity contribution in [2.24, 2.45) is 0 Å². The Hall–Kier alpha value is -1.38. The number of piperidine rings is 1. The van der Waals surface area contributed by atoms with Gasteiger partial charge in [-0.2, -0.15) is 5.26 Å². The molecule has 2 rings (SSSR count). The molecule has 0 aliphatic carbocycles. The van der Waals surface area contributed by atoms with Gasteiger partial charge < -0.3 is 5.32 Å². The van der Waals surface area contributed by atoms with Gasteiger partial charge in [0.15, 0.2) is 0 Å². The van der Waals surface area contributed by atoms with E-state index in [1.807, 2.05) is 25.1 Å². The van der Waals surface area contributed by atoms with E-state index in [0.29, 0.717) is 12.1 Å². The van der Waals surface area contributed by atoms with Gasteiger partial charge in [0.1, 0.15) is 0 Å². The van der Waals surface area contributed by atoms with E-state index in [0.717, 1.165) is 36.0 Å². The second-order valence-electron chi connectivity index (χ2n) is 5.17. The Bertz CT molecular complexity index is 530. The van der Waals surface area contributed by atoms with Crippen molar-refractivity contribution in [3.8, 4) is 6.07 Å². The second kappa shape index (κ2) is 6.87. The van der Waals surface area contributed by atoms with E-state index in [-0.39, 0.29) is 11.9 Å². The van der Waals surface area contributed by atoms with E-state index in [1.54, 1.807) is 0 Å². The van der Waals surface area contributed by atoms with Crippen LogP contribution in [0.5, 0.6) is 0 Å². The number of likely N-dealkylation sites (tertiary alicyclic amines) is 1. The van der Waals surface area contributed by atoms with Crippen LogP contribution < -0.4 is 5.32 Å². The fourth-order valence-corrected chi connectivity index (χ4v) is 3.08. The zero-order chi connectivity index (χ0) is 14.5. The third-order valence-corrected chi connectivity index (χ3v) is 4.24. The molecule has 5 heteroatoms. The van der Waals surface area contributed by atoms with E-state index >= 15 is 0 Å². The van der Waals surface area contributed by atoms with Gasteiger partial charge in [0, 0.05) is 23.6 Å². The third-order valence-electron chi connectivity index (χ3n) is 3.59. The van der Waals surface area contributed by atoms with Crippen LogP contribution in [-0.2, 0) is 0 Å². The lowest BCUT2D eigenvalue weighted by atomic mass is 10.0. The van der Waals surface area contributed by atoms with Crippen molar-refractivity contribution >= 4 is 21.8 Å². The van der Waals surface area contributed by atoms with Gasteiger partial charge in [-0.1, -0.05) is 6.07 Å². The summed E-state index contributed by atoms with van der Waals surface area (Å²) >= 11 is 3.44.